The minimum Gasteiger partial charge on any atom is -0.478 e. The molecule has 1 atom stereocenters. The fourth-order valence-corrected chi connectivity index (χ4v) is 4.51. The lowest BCUT2D eigenvalue weighted by Crippen LogP contribution is -2.23. The van der Waals surface area contributed by atoms with Crippen LogP contribution in [0.15, 0.2) is 18.2 Å². The van der Waals surface area contributed by atoms with Crippen LogP contribution in [0.2, 0.25) is 5.02 Å². The Kier molecular flexibility index (Phi) is 5.09. The van der Waals surface area contributed by atoms with Crippen LogP contribution >= 0.6 is 35.1 Å². The summed E-state index contributed by atoms with van der Waals surface area (Å²) >= 11 is 9.79. The molecule has 1 saturated heterocycles. The van der Waals surface area contributed by atoms with Crippen molar-refractivity contribution in [1.82, 2.24) is 0 Å². The standard InChI is InChI=1S/C12H14ClNO2S2/c13-8-1-2-10(12(15)16)11(5-8)14-6-9-7-17-3-4-18-9/h1-2,5,9,14H,3-4,6-7H2,(H,15,16). The van der Waals surface area contributed by atoms with E-state index in [1.54, 1.807) is 12.1 Å². The smallest absolute Gasteiger partial charge is 0.337 e. The SMILES string of the molecule is O=C(O)c1ccc(Cl)cc1NCC1CSCCS1. The van der Waals surface area contributed by atoms with Crippen LogP contribution in [0.1, 0.15) is 10.4 Å². The van der Waals surface area contributed by atoms with Gasteiger partial charge in [0.25, 0.3) is 0 Å². The maximum Gasteiger partial charge on any atom is 0.337 e. The van der Waals surface area contributed by atoms with Gasteiger partial charge >= 0.3 is 5.97 Å². The summed E-state index contributed by atoms with van der Waals surface area (Å²) in [6.07, 6.45) is 0. The number of hydrogen-bond acceptors (Lipinski definition) is 4. The molecular formula is C12H14ClNO2S2. The molecule has 0 amide bonds. The summed E-state index contributed by atoms with van der Waals surface area (Å²) in [5, 5.41) is 13.4. The molecule has 1 aromatic rings. The van der Waals surface area contributed by atoms with E-state index in [-0.39, 0.29) is 5.56 Å². The first kappa shape index (κ1) is 13.9. The lowest BCUT2D eigenvalue weighted by molar-refractivity contribution is 0.0698. The van der Waals surface area contributed by atoms with E-state index in [0.29, 0.717) is 16.0 Å². The summed E-state index contributed by atoms with van der Waals surface area (Å²) in [5.41, 5.74) is 0.874. The number of halogens is 1. The monoisotopic (exact) mass is 303 g/mol. The number of nitrogens with one attached hydrogen (secondary N) is 1. The molecule has 18 heavy (non-hydrogen) atoms. The molecule has 0 radical (unpaired) electrons. The molecule has 1 fully saturated rings. The quantitative estimate of drug-likeness (QED) is 0.894. The van der Waals surface area contributed by atoms with Crippen LogP contribution in [0.5, 0.6) is 0 Å². The summed E-state index contributed by atoms with van der Waals surface area (Å²) < 4.78 is 0. The van der Waals surface area contributed by atoms with Crippen molar-refractivity contribution < 1.29 is 9.90 Å². The minimum atomic E-state index is -0.931. The Morgan fingerprint density at radius 1 is 1.50 bits per heavy atom. The van der Waals surface area contributed by atoms with Gasteiger partial charge in [0.2, 0.25) is 0 Å². The van der Waals surface area contributed by atoms with E-state index >= 15 is 0 Å². The molecule has 1 aromatic carbocycles. The van der Waals surface area contributed by atoms with E-state index in [1.807, 2.05) is 23.5 Å². The fraction of sp³-hybridized carbons (Fsp3) is 0.417. The van der Waals surface area contributed by atoms with Crippen LogP contribution in [0.3, 0.4) is 0 Å². The normalized spacial score (nSPS) is 19.5. The molecule has 2 N–H and O–H groups in total. The number of hydrogen-bond donors (Lipinski definition) is 2. The van der Waals surface area contributed by atoms with Gasteiger partial charge in [0, 0.05) is 34.1 Å². The van der Waals surface area contributed by atoms with Gasteiger partial charge < -0.3 is 10.4 Å². The highest BCUT2D eigenvalue weighted by Crippen LogP contribution is 2.26. The molecule has 1 aliphatic rings. The third kappa shape index (κ3) is 3.73. The number of carboxylic acids is 1. The second-order valence-corrected chi connectivity index (χ2v) is 6.94. The highest BCUT2D eigenvalue weighted by atomic mass is 35.5. The van der Waals surface area contributed by atoms with Crippen molar-refractivity contribution >= 4 is 46.8 Å². The molecule has 1 unspecified atom stereocenters. The van der Waals surface area contributed by atoms with Gasteiger partial charge in [0.15, 0.2) is 0 Å². The predicted molar refractivity (Wildman–Crippen MR) is 80.5 cm³/mol. The van der Waals surface area contributed by atoms with Gasteiger partial charge in [-0.2, -0.15) is 23.5 Å². The number of carbonyl (C=O) groups is 1. The maximum absolute atomic E-state index is 11.1. The van der Waals surface area contributed by atoms with E-state index in [1.165, 1.54) is 17.6 Å². The number of benzene rings is 1. The zero-order chi connectivity index (χ0) is 13.0. The van der Waals surface area contributed by atoms with E-state index in [4.69, 9.17) is 16.7 Å². The molecule has 0 saturated carbocycles. The Morgan fingerprint density at radius 2 is 2.33 bits per heavy atom. The summed E-state index contributed by atoms with van der Waals surface area (Å²) in [6, 6.07) is 4.81. The predicted octanol–water partition coefficient (Wildman–Crippen LogP) is 3.30. The summed E-state index contributed by atoms with van der Waals surface area (Å²) in [4.78, 5) is 11.1. The van der Waals surface area contributed by atoms with E-state index in [9.17, 15) is 4.79 Å². The number of carboxylic acid groups (broad SMARTS) is 1. The Morgan fingerprint density at radius 3 is 3.00 bits per heavy atom. The fourth-order valence-electron chi connectivity index (χ4n) is 1.73. The molecular weight excluding hydrogens is 290 g/mol. The van der Waals surface area contributed by atoms with Gasteiger partial charge in [-0.05, 0) is 18.2 Å². The number of aromatic carboxylic acids is 1. The Bertz CT molecular complexity index is 436. The van der Waals surface area contributed by atoms with Crippen LogP contribution in [-0.4, -0.2) is 40.1 Å². The van der Waals surface area contributed by atoms with E-state index < -0.39 is 5.97 Å². The number of rotatable bonds is 4. The van der Waals surface area contributed by atoms with E-state index in [0.717, 1.165) is 12.3 Å². The summed E-state index contributed by atoms with van der Waals surface area (Å²) in [7, 11) is 0. The van der Waals surface area contributed by atoms with Crippen molar-refractivity contribution in [2.45, 2.75) is 5.25 Å². The van der Waals surface area contributed by atoms with Crippen molar-refractivity contribution in [2.24, 2.45) is 0 Å². The van der Waals surface area contributed by atoms with Crippen molar-refractivity contribution in [3.63, 3.8) is 0 Å². The third-order valence-electron chi connectivity index (χ3n) is 2.62. The average Bonchev–Trinajstić information content (AvgIpc) is 2.37. The Balaban J connectivity index is 2.03. The van der Waals surface area contributed by atoms with Crippen LogP contribution in [-0.2, 0) is 0 Å². The molecule has 1 heterocycles. The van der Waals surface area contributed by atoms with Gasteiger partial charge in [-0.3, -0.25) is 0 Å². The maximum atomic E-state index is 11.1. The summed E-state index contributed by atoms with van der Waals surface area (Å²) in [5.74, 6) is 2.55. The molecule has 0 aliphatic carbocycles. The minimum absolute atomic E-state index is 0.271. The lowest BCUT2D eigenvalue weighted by atomic mass is 10.2. The van der Waals surface area contributed by atoms with Gasteiger partial charge in [0.1, 0.15) is 0 Å². The zero-order valence-corrected chi connectivity index (χ0v) is 12.1. The van der Waals surface area contributed by atoms with Crippen LogP contribution in [0, 0.1) is 0 Å². The van der Waals surface area contributed by atoms with Crippen molar-refractivity contribution in [3.05, 3.63) is 28.8 Å². The first-order chi connectivity index (χ1) is 8.66. The first-order valence-electron chi connectivity index (χ1n) is 5.63. The Hall–Kier alpha value is -0.520. The largest absolute Gasteiger partial charge is 0.478 e. The van der Waals surface area contributed by atoms with Gasteiger partial charge in [0.05, 0.1) is 11.3 Å². The van der Waals surface area contributed by atoms with Gasteiger partial charge in [-0.25, -0.2) is 4.79 Å². The first-order valence-corrected chi connectivity index (χ1v) is 8.21. The summed E-state index contributed by atoms with van der Waals surface area (Å²) in [6.45, 7) is 0.776. The van der Waals surface area contributed by atoms with Crippen LogP contribution in [0.25, 0.3) is 0 Å². The second kappa shape index (κ2) is 6.59. The molecule has 0 spiro atoms. The number of anilines is 1. The molecule has 6 heteroatoms. The van der Waals surface area contributed by atoms with E-state index in [2.05, 4.69) is 5.32 Å². The molecule has 98 valence electrons. The third-order valence-corrected chi connectivity index (χ3v) is 5.70. The molecule has 3 nitrogen and oxygen atoms in total. The Labute approximate surface area is 120 Å². The zero-order valence-electron chi connectivity index (χ0n) is 9.69. The second-order valence-electron chi connectivity index (χ2n) is 3.94. The lowest BCUT2D eigenvalue weighted by Gasteiger charge is -2.22. The van der Waals surface area contributed by atoms with Crippen molar-refractivity contribution in [2.75, 3.05) is 29.1 Å². The topological polar surface area (TPSA) is 49.3 Å². The van der Waals surface area contributed by atoms with Crippen molar-refractivity contribution in [3.8, 4) is 0 Å². The van der Waals surface area contributed by atoms with Crippen LogP contribution < -0.4 is 5.32 Å². The highest BCUT2D eigenvalue weighted by molar-refractivity contribution is 8.06. The molecule has 1 aliphatic heterocycles. The van der Waals surface area contributed by atoms with Crippen LogP contribution in [0.4, 0.5) is 5.69 Å². The highest BCUT2D eigenvalue weighted by Gasteiger charge is 2.16. The molecule has 0 bridgehead atoms. The number of thioether (sulfide) groups is 2. The average molecular weight is 304 g/mol. The van der Waals surface area contributed by atoms with Crippen molar-refractivity contribution in [1.29, 1.82) is 0 Å². The molecule has 2 rings (SSSR count). The molecule has 0 aromatic heterocycles. The van der Waals surface area contributed by atoms with Gasteiger partial charge in [-0.15, -0.1) is 0 Å². The van der Waals surface area contributed by atoms with Gasteiger partial charge in [-0.1, -0.05) is 11.6 Å².